The van der Waals surface area contributed by atoms with Gasteiger partial charge in [-0.1, -0.05) is 32.4 Å². The molecule has 1 N–H and O–H groups in total. The van der Waals surface area contributed by atoms with Crippen molar-refractivity contribution in [2.24, 2.45) is 22.7 Å². The van der Waals surface area contributed by atoms with Crippen LogP contribution in [0.1, 0.15) is 72.6 Å². The van der Waals surface area contributed by atoms with Gasteiger partial charge in [-0.15, -0.1) is 0 Å². The molecule has 3 fully saturated rings. The van der Waals surface area contributed by atoms with Crippen LogP contribution in [0.5, 0.6) is 0 Å². The lowest BCUT2D eigenvalue weighted by atomic mass is 9.44. The first-order valence-electron chi connectivity index (χ1n) is 12.6. The van der Waals surface area contributed by atoms with Gasteiger partial charge in [-0.05, 0) is 57.1 Å². The van der Waals surface area contributed by atoms with Gasteiger partial charge in [0.2, 0.25) is 5.78 Å². The Balaban J connectivity index is 1.76. The third-order valence-electron chi connectivity index (χ3n) is 9.44. The standard InChI is InChI=1S/C27H35FO7/c1-5-22(32)34-15-21(31)26(35-23(33)6-2)12-10-18-19-8-7-16-13-17(29)9-11-24(16,3)27(19,28)20(30)14-25(18,26)4/h9,11,13,18-20,30H,5-8,10,12,14-15H2,1-4H3/t18?,19-,20-,24-,25-,26-,27-/m0/s1. The molecule has 0 aromatic carbocycles. The van der Waals surface area contributed by atoms with Crippen molar-refractivity contribution in [3.8, 4) is 0 Å². The predicted molar refractivity (Wildman–Crippen MR) is 124 cm³/mol. The summed E-state index contributed by atoms with van der Waals surface area (Å²) < 4.78 is 28.2. The highest BCUT2D eigenvalue weighted by molar-refractivity contribution is 6.01. The molecule has 1 unspecified atom stereocenters. The molecule has 4 aliphatic rings. The summed E-state index contributed by atoms with van der Waals surface area (Å²) >= 11 is 0. The normalized spacial score (nSPS) is 41.8. The summed E-state index contributed by atoms with van der Waals surface area (Å²) in [5.74, 6) is -2.79. The molecular formula is C27H35FO7. The van der Waals surface area contributed by atoms with Crippen LogP contribution in [0.15, 0.2) is 23.8 Å². The first-order valence-corrected chi connectivity index (χ1v) is 12.6. The maximum Gasteiger partial charge on any atom is 0.306 e. The monoisotopic (exact) mass is 490 g/mol. The average Bonchev–Trinajstić information content (AvgIpc) is 3.11. The zero-order valence-corrected chi connectivity index (χ0v) is 20.9. The summed E-state index contributed by atoms with van der Waals surface area (Å²) in [6.45, 7) is 6.23. The van der Waals surface area contributed by atoms with Crippen molar-refractivity contribution >= 4 is 23.5 Å². The van der Waals surface area contributed by atoms with Crippen molar-refractivity contribution in [2.45, 2.75) is 90.0 Å². The highest BCUT2D eigenvalue weighted by Gasteiger charge is 2.75. The molecule has 192 valence electrons. The number of carbonyl (C=O) groups is 4. The van der Waals surface area contributed by atoms with Gasteiger partial charge in [-0.2, -0.15) is 0 Å². The van der Waals surface area contributed by atoms with Crippen LogP contribution < -0.4 is 0 Å². The van der Waals surface area contributed by atoms with E-state index in [0.29, 0.717) is 24.8 Å². The molecule has 7 nitrogen and oxygen atoms in total. The fourth-order valence-electron chi connectivity index (χ4n) is 7.51. The zero-order valence-electron chi connectivity index (χ0n) is 20.9. The number of aliphatic hydroxyl groups is 1. The van der Waals surface area contributed by atoms with E-state index < -0.39 is 58.5 Å². The van der Waals surface area contributed by atoms with Crippen LogP contribution in [0.2, 0.25) is 0 Å². The Morgan fingerprint density at radius 3 is 2.46 bits per heavy atom. The van der Waals surface area contributed by atoms with Gasteiger partial charge in [-0.25, -0.2) is 4.39 Å². The maximum absolute atomic E-state index is 17.2. The molecule has 3 saturated carbocycles. The van der Waals surface area contributed by atoms with Crippen molar-refractivity contribution in [1.29, 1.82) is 0 Å². The number of ketones is 2. The minimum absolute atomic E-state index is 0.0502. The van der Waals surface area contributed by atoms with Crippen LogP contribution in [0.25, 0.3) is 0 Å². The highest BCUT2D eigenvalue weighted by atomic mass is 19.1. The van der Waals surface area contributed by atoms with Crippen molar-refractivity contribution in [3.05, 3.63) is 23.8 Å². The Morgan fingerprint density at radius 1 is 1.11 bits per heavy atom. The van der Waals surface area contributed by atoms with Crippen LogP contribution in [0.4, 0.5) is 4.39 Å². The van der Waals surface area contributed by atoms with E-state index in [1.807, 2.05) is 0 Å². The number of esters is 2. The Labute approximate surface area is 205 Å². The van der Waals surface area contributed by atoms with Crippen LogP contribution in [-0.2, 0) is 28.7 Å². The van der Waals surface area contributed by atoms with Gasteiger partial charge in [0.15, 0.2) is 23.7 Å². The number of carbonyl (C=O) groups excluding carboxylic acids is 4. The Morgan fingerprint density at radius 2 is 1.80 bits per heavy atom. The molecule has 0 aromatic rings. The Hall–Kier alpha value is -2.35. The second kappa shape index (κ2) is 8.64. The molecular weight excluding hydrogens is 455 g/mol. The van der Waals surface area contributed by atoms with E-state index in [1.165, 1.54) is 12.2 Å². The third-order valence-corrected chi connectivity index (χ3v) is 9.44. The van der Waals surface area contributed by atoms with Crippen LogP contribution in [0.3, 0.4) is 0 Å². The molecule has 7 atom stereocenters. The number of ether oxygens (including phenoxy) is 2. The molecule has 4 aliphatic carbocycles. The highest BCUT2D eigenvalue weighted by Crippen LogP contribution is 2.70. The van der Waals surface area contributed by atoms with E-state index in [2.05, 4.69) is 0 Å². The number of aliphatic hydroxyl groups excluding tert-OH is 1. The molecule has 35 heavy (non-hydrogen) atoms. The van der Waals surface area contributed by atoms with Crippen molar-refractivity contribution in [1.82, 2.24) is 0 Å². The number of alkyl halides is 1. The number of allylic oxidation sites excluding steroid dienone is 4. The number of fused-ring (bicyclic) bond motifs is 5. The molecule has 0 heterocycles. The fourth-order valence-corrected chi connectivity index (χ4v) is 7.51. The molecule has 4 rings (SSSR count). The van der Waals surface area contributed by atoms with Gasteiger partial charge in [0.25, 0.3) is 0 Å². The summed E-state index contributed by atoms with van der Waals surface area (Å²) in [4.78, 5) is 49.8. The van der Waals surface area contributed by atoms with E-state index in [1.54, 1.807) is 33.8 Å². The number of hydrogen-bond acceptors (Lipinski definition) is 7. The minimum atomic E-state index is -2.04. The SMILES string of the molecule is CCC(=O)OCC(=O)[C@@]1(OC(=O)CC)CCC2[C@@H]3CCC4=CC(=O)C=C[C@]4(C)[C@@]3(F)[C@@H](O)C[C@@]21C. The summed E-state index contributed by atoms with van der Waals surface area (Å²) in [6.07, 6.45) is 4.55. The minimum Gasteiger partial charge on any atom is -0.457 e. The zero-order chi connectivity index (χ0) is 25.8. The Bertz CT molecular complexity index is 1020. The Kier molecular flexibility index (Phi) is 6.36. The smallest absolute Gasteiger partial charge is 0.306 e. The molecule has 8 heteroatoms. The molecule has 0 aromatic heterocycles. The lowest BCUT2D eigenvalue weighted by Gasteiger charge is -2.62. The number of hydrogen-bond donors (Lipinski definition) is 1. The molecule has 0 spiro atoms. The van der Waals surface area contributed by atoms with E-state index in [9.17, 15) is 24.3 Å². The van der Waals surface area contributed by atoms with Crippen molar-refractivity contribution in [3.63, 3.8) is 0 Å². The fraction of sp³-hybridized carbons (Fsp3) is 0.704. The third kappa shape index (κ3) is 3.46. The van der Waals surface area contributed by atoms with Crippen molar-refractivity contribution < 1.29 is 38.1 Å². The molecule has 0 bridgehead atoms. The van der Waals surface area contributed by atoms with E-state index in [0.717, 1.165) is 0 Å². The average molecular weight is 491 g/mol. The summed E-state index contributed by atoms with van der Waals surface area (Å²) in [5.41, 5.74) is -5.16. The van der Waals surface area contributed by atoms with Crippen LogP contribution >= 0.6 is 0 Å². The maximum atomic E-state index is 17.2. The molecule has 0 amide bonds. The summed E-state index contributed by atoms with van der Waals surface area (Å²) in [6, 6.07) is 0. The van der Waals surface area contributed by atoms with Gasteiger partial charge >= 0.3 is 11.9 Å². The van der Waals surface area contributed by atoms with E-state index in [4.69, 9.17) is 9.47 Å². The molecule has 0 radical (unpaired) electrons. The first-order chi connectivity index (χ1) is 16.4. The van der Waals surface area contributed by atoms with Gasteiger partial charge in [0.05, 0.1) is 6.10 Å². The van der Waals surface area contributed by atoms with Crippen LogP contribution in [-0.4, -0.2) is 52.6 Å². The molecule has 0 saturated heterocycles. The molecule has 0 aliphatic heterocycles. The van der Waals surface area contributed by atoms with Crippen molar-refractivity contribution in [2.75, 3.05) is 6.61 Å². The second-order valence-corrected chi connectivity index (χ2v) is 10.9. The number of halogens is 1. The predicted octanol–water partition coefficient (Wildman–Crippen LogP) is 3.57. The lowest BCUT2D eigenvalue weighted by Crippen LogP contribution is -2.69. The topological polar surface area (TPSA) is 107 Å². The van der Waals surface area contributed by atoms with Crippen LogP contribution in [0, 0.1) is 22.7 Å². The summed E-state index contributed by atoms with van der Waals surface area (Å²) in [7, 11) is 0. The largest absolute Gasteiger partial charge is 0.457 e. The second-order valence-electron chi connectivity index (χ2n) is 10.9. The summed E-state index contributed by atoms with van der Waals surface area (Å²) in [5, 5.41) is 11.4. The van der Waals surface area contributed by atoms with Gasteiger partial charge in [-0.3, -0.25) is 19.2 Å². The van der Waals surface area contributed by atoms with Gasteiger partial charge < -0.3 is 14.6 Å². The van der Waals surface area contributed by atoms with Gasteiger partial charge in [0, 0.05) is 29.6 Å². The number of rotatable bonds is 6. The first kappa shape index (κ1) is 25.7. The van der Waals surface area contributed by atoms with E-state index in [-0.39, 0.29) is 37.4 Å². The van der Waals surface area contributed by atoms with Gasteiger partial charge in [0.1, 0.15) is 0 Å². The van der Waals surface area contributed by atoms with E-state index >= 15 is 4.39 Å². The quantitative estimate of drug-likeness (QED) is 0.567. The number of Topliss-reactive ketones (excluding diaryl/α,β-unsaturated/α-hetero) is 1. The lowest BCUT2D eigenvalue weighted by molar-refractivity contribution is -0.225.